The number of benzene rings is 1. The number of hydrogen-bond acceptors (Lipinski definition) is 7. The molecule has 2 N–H and O–H groups in total. The number of aryl methyl sites for hydroxylation is 1. The van der Waals surface area contributed by atoms with Crippen LogP contribution >= 0.6 is 11.3 Å². The highest BCUT2D eigenvalue weighted by atomic mass is 32.1. The van der Waals surface area contributed by atoms with Gasteiger partial charge in [0, 0.05) is 25.4 Å². The van der Waals surface area contributed by atoms with Gasteiger partial charge in [-0.3, -0.25) is 4.99 Å². The Morgan fingerprint density at radius 1 is 1.03 bits per heavy atom. The highest BCUT2D eigenvalue weighted by Gasteiger charge is 2.16. The molecule has 0 bridgehead atoms. The lowest BCUT2D eigenvalue weighted by Crippen LogP contribution is -2.17. The van der Waals surface area contributed by atoms with Crippen LogP contribution in [0.2, 0.25) is 0 Å². The number of fused-ring (bicyclic) bond motifs is 1. The Bertz CT molecular complexity index is 1130. The first-order chi connectivity index (χ1) is 15.7. The molecule has 0 radical (unpaired) electrons. The van der Waals surface area contributed by atoms with Gasteiger partial charge >= 0.3 is 0 Å². The van der Waals surface area contributed by atoms with Gasteiger partial charge < -0.3 is 15.4 Å². The first-order valence-electron chi connectivity index (χ1n) is 11.4. The van der Waals surface area contributed by atoms with Gasteiger partial charge in [-0.1, -0.05) is 34.6 Å². The molecule has 0 saturated carbocycles. The normalized spacial score (nSPS) is 17.2. The van der Waals surface area contributed by atoms with Gasteiger partial charge in [0.05, 0.1) is 0 Å². The van der Waals surface area contributed by atoms with Crippen molar-refractivity contribution in [1.29, 1.82) is 0 Å². The van der Waals surface area contributed by atoms with Gasteiger partial charge in [0.25, 0.3) is 0 Å². The summed E-state index contributed by atoms with van der Waals surface area (Å²) >= 11 is 1.56. The first-order valence-corrected chi connectivity index (χ1v) is 12.2. The minimum absolute atomic E-state index is 0.804. The van der Waals surface area contributed by atoms with Crippen LogP contribution < -0.4 is 10.6 Å². The lowest BCUT2D eigenvalue weighted by molar-refractivity contribution is 0.0639. The number of nitrogens with zero attached hydrogens (tertiary/aromatic N) is 3. The van der Waals surface area contributed by atoms with E-state index in [1.807, 2.05) is 12.1 Å². The number of hydrogen-bond donors (Lipinski definition) is 2. The Hall–Kier alpha value is -2.77. The monoisotopic (exact) mass is 447 g/mol. The molecule has 1 aromatic carbocycles. The van der Waals surface area contributed by atoms with E-state index in [0.717, 1.165) is 71.3 Å². The Morgan fingerprint density at radius 2 is 1.88 bits per heavy atom. The van der Waals surface area contributed by atoms with E-state index < -0.39 is 0 Å². The molecule has 2 aliphatic rings. The first kappa shape index (κ1) is 21.1. The van der Waals surface area contributed by atoms with Crippen molar-refractivity contribution in [3.05, 3.63) is 53.6 Å². The number of dihydropyridines is 1. The summed E-state index contributed by atoms with van der Waals surface area (Å²) in [5.74, 6) is 2.54. The topological polar surface area (TPSA) is 71.4 Å². The Kier molecular flexibility index (Phi) is 6.46. The predicted octanol–water partition coefficient (Wildman–Crippen LogP) is 6.09. The second-order valence-corrected chi connectivity index (χ2v) is 9.55. The van der Waals surface area contributed by atoms with Gasteiger partial charge in [0.1, 0.15) is 22.0 Å². The van der Waals surface area contributed by atoms with E-state index in [1.165, 1.54) is 30.4 Å². The van der Waals surface area contributed by atoms with Crippen LogP contribution in [0.4, 0.5) is 16.6 Å². The second kappa shape index (κ2) is 9.79. The van der Waals surface area contributed by atoms with E-state index in [-0.39, 0.29) is 0 Å². The number of nitrogens with one attached hydrogen (secondary N) is 2. The Morgan fingerprint density at radius 3 is 2.72 bits per heavy atom. The third kappa shape index (κ3) is 5.34. The summed E-state index contributed by atoms with van der Waals surface area (Å²) in [6.45, 7) is 4.77. The lowest BCUT2D eigenvalue weighted by atomic mass is 9.91. The molecule has 4 heterocycles. The molecule has 0 spiro atoms. The fourth-order valence-corrected chi connectivity index (χ4v) is 5.01. The van der Waals surface area contributed by atoms with Crippen molar-refractivity contribution in [3.8, 4) is 0 Å². The minimum atomic E-state index is 0.804. The number of aliphatic imine (C=N–C) groups is 1. The fourth-order valence-electron chi connectivity index (χ4n) is 4.16. The number of aromatic nitrogens is 2. The van der Waals surface area contributed by atoms with Crippen LogP contribution in [0, 0.1) is 12.8 Å². The van der Waals surface area contributed by atoms with E-state index in [1.54, 1.807) is 11.3 Å². The maximum atomic E-state index is 5.48. The number of amidine groups is 1. The highest BCUT2D eigenvalue weighted by molar-refractivity contribution is 7.22. The van der Waals surface area contributed by atoms with Crippen molar-refractivity contribution in [3.63, 3.8) is 0 Å². The fraction of sp³-hybridized carbons (Fsp3) is 0.400. The molecule has 2 aromatic heterocycles. The number of rotatable bonds is 6. The van der Waals surface area contributed by atoms with E-state index in [4.69, 9.17) is 14.7 Å². The average molecular weight is 448 g/mol. The third-order valence-electron chi connectivity index (χ3n) is 6.08. The van der Waals surface area contributed by atoms with E-state index in [9.17, 15) is 0 Å². The number of thiazole rings is 1. The zero-order chi connectivity index (χ0) is 21.8. The molecular formula is C25H29N5OS. The van der Waals surface area contributed by atoms with Gasteiger partial charge in [0.2, 0.25) is 0 Å². The molecule has 1 saturated heterocycles. The van der Waals surface area contributed by atoms with Crippen molar-refractivity contribution in [1.82, 2.24) is 9.97 Å². The van der Waals surface area contributed by atoms with Gasteiger partial charge in [-0.25, -0.2) is 9.97 Å². The summed E-state index contributed by atoms with van der Waals surface area (Å²) in [6, 6.07) is 12.3. The van der Waals surface area contributed by atoms with Crippen LogP contribution in [0.15, 0.2) is 53.0 Å². The molecular weight excluding hydrogens is 418 g/mol. The summed E-state index contributed by atoms with van der Waals surface area (Å²) in [5.41, 5.74) is 4.65. The standard InChI is InChI=1S/C25H29N5OS/c1-17-2-6-20(7-3-17)27-22-9-8-21-24(29-22)32-25(28-21)30-23-16-19(10-13-26-23)5-4-18-11-14-31-15-12-18/h2-3,6-9,16,18H,4-5,10-15H2,1H3,(H,27,29)(H,26,28,30). The molecule has 0 unspecified atom stereocenters. The van der Waals surface area contributed by atoms with Crippen LogP contribution in [0.25, 0.3) is 10.3 Å². The third-order valence-corrected chi connectivity index (χ3v) is 6.97. The summed E-state index contributed by atoms with van der Waals surface area (Å²) in [6.07, 6.45) is 8.08. The average Bonchev–Trinajstić information content (AvgIpc) is 3.22. The summed E-state index contributed by atoms with van der Waals surface area (Å²) in [7, 11) is 0. The molecule has 2 aliphatic heterocycles. The number of ether oxygens (including phenoxy) is 1. The van der Waals surface area contributed by atoms with Crippen LogP contribution in [0.1, 0.15) is 37.7 Å². The molecule has 32 heavy (non-hydrogen) atoms. The SMILES string of the molecule is Cc1ccc(Nc2ccc3nc(NC4=NCCC(CCC5CCOCC5)=C4)sc3n2)cc1. The van der Waals surface area contributed by atoms with Crippen LogP contribution in [0.5, 0.6) is 0 Å². The molecule has 7 heteroatoms. The van der Waals surface area contributed by atoms with Crippen LogP contribution in [0.3, 0.4) is 0 Å². The predicted molar refractivity (Wildman–Crippen MR) is 133 cm³/mol. The summed E-state index contributed by atoms with van der Waals surface area (Å²) in [5, 5.41) is 7.62. The van der Waals surface area contributed by atoms with Crippen LogP contribution in [-0.2, 0) is 4.74 Å². The molecule has 0 atom stereocenters. The number of pyridine rings is 1. The largest absolute Gasteiger partial charge is 0.381 e. The lowest BCUT2D eigenvalue weighted by Gasteiger charge is -2.23. The molecule has 1 fully saturated rings. The molecule has 3 aromatic rings. The quantitative estimate of drug-likeness (QED) is 0.478. The van der Waals surface area contributed by atoms with Crippen molar-refractivity contribution >= 4 is 44.2 Å². The minimum Gasteiger partial charge on any atom is -0.381 e. The van der Waals surface area contributed by atoms with Crippen molar-refractivity contribution in [2.24, 2.45) is 10.9 Å². The van der Waals surface area contributed by atoms with E-state index in [0.29, 0.717) is 0 Å². The Labute approximate surface area is 192 Å². The maximum absolute atomic E-state index is 5.48. The molecule has 5 rings (SSSR count). The summed E-state index contributed by atoms with van der Waals surface area (Å²) in [4.78, 5) is 15.0. The molecule has 0 aliphatic carbocycles. The molecule has 166 valence electrons. The summed E-state index contributed by atoms with van der Waals surface area (Å²) < 4.78 is 5.48. The highest BCUT2D eigenvalue weighted by Crippen LogP contribution is 2.28. The molecule has 6 nitrogen and oxygen atoms in total. The van der Waals surface area contributed by atoms with E-state index >= 15 is 0 Å². The van der Waals surface area contributed by atoms with Gasteiger partial charge in [-0.05, 0) is 75.3 Å². The zero-order valence-electron chi connectivity index (χ0n) is 18.4. The number of anilines is 3. The smallest absolute Gasteiger partial charge is 0.190 e. The zero-order valence-corrected chi connectivity index (χ0v) is 19.3. The second-order valence-electron chi connectivity index (χ2n) is 8.57. The van der Waals surface area contributed by atoms with Gasteiger partial charge in [-0.15, -0.1) is 0 Å². The van der Waals surface area contributed by atoms with Crippen molar-refractivity contribution in [2.45, 2.75) is 39.0 Å². The van der Waals surface area contributed by atoms with Crippen LogP contribution in [-0.4, -0.2) is 35.6 Å². The van der Waals surface area contributed by atoms with Crippen molar-refractivity contribution in [2.75, 3.05) is 30.4 Å². The van der Waals surface area contributed by atoms with Gasteiger partial charge in [-0.2, -0.15) is 0 Å². The van der Waals surface area contributed by atoms with Crippen molar-refractivity contribution < 1.29 is 4.74 Å². The van der Waals surface area contributed by atoms with E-state index in [2.05, 4.69) is 52.9 Å². The maximum Gasteiger partial charge on any atom is 0.190 e. The van der Waals surface area contributed by atoms with Gasteiger partial charge in [0.15, 0.2) is 5.13 Å². The molecule has 0 amide bonds. The Balaban J connectivity index is 1.23.